The van der Waals surface area contributed by atoms with Crippen molar-refractivity contribution in [1.82, 2.24) is 4.98 Å². The molecule has 0 atom stereocenters. The van der Waals surface area contributed by atoms with Gasteiger partial charge >= 0.3 is 0 Å². The van der Waals surface area contributed by atoms with Gasteiger partial charge in [0.15, 0.2) is 5.43 Å². The van der Waals surface area contributed by atoms with Crippen LogP contribution in [0, 0.1) is 25.2 Å². The van der Waals surface area contributed by atoms with Crippen molar-refractivity contribution in [2.45, 2.75) is 13.8 Å². The number of aromatic nitrogens is 1. The Morgan fingerprint density at radius 2 is 2.06 bits per heavy atom. The smallest absolute Gasteiger partial charge is 0.189 e. The molecule has 0 bridgehead atoms. The lowest BCUT2D eigenvalue weighted by molar-refractivity contribution is 1.23. The lowest BCUT2D eigenvalue weighted by Gasteiger charge is -2.06. The molecule has 0 spiro atoms. The van der Waals surface area contributed by atoms with E-state index in [9.17, 15) is 4.79 Å². The first-order valence-electron chi connectivity index (χ1n) is 4.77. The summed E-state index contributed by atoms with van der Waals surface area (Å²) in [4.78, 5) is 14.9. The highest BCUT2D eigenvalue weighted by molar-refractivity contribution is 9.10. The summed E-state index contributed by atoms with van der Waals surface area (Å²) in [5.74, 6) is 0. The van der Waals surface area contributed by atoms with Crippen molar-refractivity contribution in [2.75, 3.05) is 0 Å². The molecule has 0 aliphatic rings. The van der Waals surface area contributed by atoms with Crippen LogP contribution in [0.25, 0.3) is 10.9 Å². The number of nitrogens with one attached hydrogen (secondary N) is 1. The Bertz CT molecular complexity index is 680. The van der Waals surface area contributed by atoms with Crippen molar-refractivity contribution in [2.24, 2.45) is 0 Å². The van der Waals surface area contributed by atoms with Crippen molar-refractivity contribution in [3.63, 3.8) is 0 Å². The molecule has 1 heterocycles. The molecule has 80 valence electrons. The van der Waals surface area contributed by atoms with E-state index in [0.29, 0.717) is 16.5 Å². The summed E-state index contributed by atoms with van der Waals surface area (Å²) in [5, 5.41) is 9.67. The van der Waals surface area contributed by atoms with E-state index in [4.69, 9.17) is 5.26 Å². The average molecular weight is 277 g/mol. The van der Waals surface area contributed by atoms with Gasteiger partial charge in [0.2, 0.25) is 0 Å². The van der Waals surface area contributed by atoms with E-state index in [1.165, 1.54) is 6.07 Å². The second-order valence-electron chi connectivity index (χ2n) is 3.71. The number of hydrogen-bond acceptors (Lipinski definition) is 2. The maximum absolute atomic E-state index is 11.8. The lowest BCUT2D eigenvalue weighted by Crippen LogP contribution is -2.05. The first kappa shape index (κ1) is 10.9. The van der Waals surface area contributed by atoms with E-state index in [2.05, 4.69) is 27.0 Å². The van der Waals surface area contributed by atoms with Gasteiger partial charge in [-0.3, -0.25) is 4.79 Å². The summed E-state index contributed by atoms with van der Waals surface area (Å²) >= 11 is 3.36. The minimum atomic E-state index is -0.0662. The lowest BCUT2D eigenvalue weighted by atomic mass is 10.0. The molecule has 0 aliphatic heterocycles. The van der Waals surface area contributed by atoms with Crippen molar-refractivity contribution >= 4 is 26.8 Å². The quantitative estimate of drug-likeness (QED) is 0.805. The number of aryl methyl sites for hydroxylation is 1. The number of fused-ring (bicyclic) bond motifs is 1. The molecule has 16 heavy (non-hydrogen) atoms. The highest BCUT2D eigenvalue weighted by Gasteiger charge is 2.11. The second kappa shape index (κ2) is 3.76. The normalized spacial score (nSPS) is 10.4. The van der Waals surface area contributed by atoms with Gasteiger partial charge in [0, 0.05) is 21.6 Å². The Balaban J connectivity index is 3.10. The van der Waals surface area contributed by atoms with Gasteiger partial charge in [-0.25, -0.2) is 0 Å². The molecule has 0 fully saturated rings. The van der Waals surface area contributed by atoms with Gasteiger partial charge in [0.05, 0.1) is 11.1 Å². The molecule has 2 aromatic rings. The molecule has 0 amide bonds. The predicted molar refractivity (Wildman–Crippen MR) is 66.5 cm³/mol. The van der Waals surface area contributed by atoms with Crippen LogP contribution < -0.4 is 5.43 Å². The second-order valence-corrected chi connectivity index (χ2v) is 4.56. The number of pyridine rings is 1. The highest BCUT2D eigenvalue weighted by atomic mass is 79.9. The summed E-state index contributed by atoms with van der Waals surface area (Å²) in [5.41, 5.74) is 2.67. The molecule has 2 rings (SSSR count). The Morgan fingerprint density at radius 1 is 1.38 bits per heavy atom. The fourth-order valence-corrected chi connectivity index (χ4v) is 2.15. The molecule has 1 aromatic heterocycles. The maximum Gasteiger partial charge on any atom is 0.189 e. The Labute approximate surface area is 101 Å². The first-order valence-corrected chi connectivity index (χ1v) is 5.56. The number of nitriles is 1. The van der Waals surface area contributed by atoms with Crippen LogP contribution in [0.2, 0.25) is 0 Å². The number of hydrogen-bond donors (Lipinski definition) is 1. The third kappa shape index (κ3) is 1.54. The largest absolute Gasteiger partial charge is 0.357 e. The van der Waals surface area contributed by atoms with E-state index < -0.39 is 0 Å². The van der Waals surface area contributed by atoms with Crippen molar-refractivity contribution < 1.29 is 0 Å². The van der Waals surface area contributed by atoms with E-state index >= 15 is 0 Å². The van der Waals surface area contributed by atoms with Gasteiger partial charge in [-0.2, -0.15) is 5.26 Å². The summed E-state index contributed by atoms with van der Waals surface area (Å²) in [6, 6.07) is 5.42. The Hall–Kier alpha value is -1.60. The number of nitrogens with zero attached hydrogens (tertiary/aromatic N) is 1. The standard InChI is InChI=1S/C12H9BrN2O/c1-6-3-11(16)8-4-10(13)7(2)9(5-14)12(8)15-6/h3-4H,1-2H3,(H,15,16). The van der Waals surface area contributed by atoms with Crippen LogP contribution in [-0.2, 0) is 0 Å². The molecular formula is C12H9BrN2O. The molecule has 0 radical (unpaired) electrons. The summed E-state index contributed by atoms with van der Waals surface area (Å²) in [7, 11) is 0. The van der Waals surface area contributed by atoms with Gasteiger partial charge in [0.1, 0.15) is 6.07 Å². The van der Waals surface area contributed by atoms with E-state index in [1.807, 2.05) is 6.92 Å². The van der Waals surface area contributed by atoms with Gasteiger partial charge in [-0.1, -0.05) is 15.9 Å². The third-order valence-corrected chi connectivity index (χ3v) is 3.39. The zero-order chi connectivity index (χ0) is 11.9. The molecule has 1 N–H and O–H groups in total. The molecule has 4 heteroatoms. The molecule has 0 saturated heterocycles. The van der Waals surface area contributed by atoms with Crippen LogP contribution >= 0.6 is 15.9 Å². The summed E-state index contributed by atoms with van der Waals surface area (Å²) < 4.78 is 0.783. The molecule has 3 nitrogen and oxygen atoms in total. The summed E-state index contributed by atoms with van der Waals surface area (Å²) in [6.07, 6.45) is 0. The van der Waals surface area contributed by atoms with Crippen LogP contribution in [0.5, 0.6) is 0 Å². The van der Waals surface area contributed by atoms with Crippen LogP contribution in [-0.4, -0.2) is 4.98 Å². The average Bonchev–Trinajstić information content (AvgIpc) is 2.22. The van der Waals surface area contributed by atoms with Crippen LogP contribution in [0.15, 0.2) is 21.4 Å². The molecule has 1 aromatic carbocycles. The zero-order valence-electron chi connectivity index (χ0n) is 8.89. The highest BCUT2D eigenvalue weighted by Crippen LogP contribution is 2.25. The fraction of sp³-hybridized carbons (Fsp3) is 0.167. The van der Waals surface area contributed by atoms with E-state index in [1.54, 1.807) is 13.0 Å². The van der Waals surface area contributed by atoms with E-state index in [0.717, 1.165) is 15.7 Å². The Morgan fingerprint density at radius 3 is 2.69 bits per heavy atom. The van der Waals surface area contributed by atoms with Gasteiger partial charge < -0.3 is 4.98 Å². The molecule has 0 saturated carbocycles. The number of aromatic amines is 1. The topological polar surface area (TPSA) is 56.6 Å². The Kier molecular flexibility index (Phi) is 2.56. The van der Waals surface area contributed by atoms with Crippen molar-refractivity contribution in [3.05, 3.63) is 43.6 Å². The van der Waals surface area contributed by atoms with Crippen LogP contribution in [0.1, 0.15) is 16.8 Å². The minimum absolute atomic E-state index is 0.0662. The summed E-state index contributed by atoms with van der Waals surface area (Å²) in [6.45, 7) is 3.65. The van der Waals surface area contributed by atoms with E-state index in [-0.39, 0.29) is 5.43 Å². The van der Waals surface area contributed by atoms with Crippen molar-refractivity contribution in [1.29, 1.82) is 5.26 Å². The predicted octanol–water partition coefficient (Wildman–Crippen LogP) is 2.78. The first-order chi connectivity index (χ1) is 7.54. The van der Waals surface area contributed by atoms with Gasteiger partial charge in [-0.15, -0.1) is 0 Å². The monoisotopic (exact) mass is 276 g/mol. The zero-order valence-corrected chi connectivity index (χ0v) is 10.5. The van der Waals surface area contributed by atoms with Gasteiger partial charge in [0.25, 0.3) is 0 Å². The number of halogens is 1. The maximum atomic E-state index is 11.8. The van der Waals surface area contributed by atoms with Crippen LogP contribution in [0.3, 0.4) is 0 Å². The molecule has 0 unspecified atom stereocenters. The van der Waals surface area contributed by atoms with Gasteiger partial charge in [-0.05, 0) is 25.5 Å². The molecule has 0 aliphatic carbocycles. The number of rotatable bonds is 0. The minimum Gasteiger partial charge on any atom is -0.357 e. The fourth-order valence-electron chi connectivity index (χ4n) is 1.72. The molecular weight excluding hydrogens is 268 g/mol. The van der Waals surface area contributed by atoms with Crippen molar-refractivity contribution in [3.8, 4) is 6.07 Å². The number of H-pyrrole nitrogens is 1. The number of benzene rings is 1. The third-order valence-electron chi connectivity index (χ3n) is 2.57. The van der Waals surface area contributed by atoms with Crippen LogP contribution in [0.4, 0.5) is 0 Å². The SMILES string of the molecule is Cc1cc(=O)c2cc(Br)c(C)c(C#N)c2[nH]1.